The van der Waals surface area contributed by atoms with E-state index in [0.717, 1.165) is 44.2 Å². The van der Waals surface area contributed by atoms with E-state index in [1.54, 1.807) is 6.21 Å². The van der Waals surface area contributed by atoms with Crippen molar-refractivity contribution in [2.24, 2.45) is 28.8 Å². The van der Waals surface area contributed by atoms with Crippen LogP contribution in [0.4, 0.5) is 0 Å². The Bertz CT molecular complexity index is 1310. The van der Waals surface area contributed by atoms with E-state index in [1.807, 2.05) is 49.4 Å². The maximum atomic E-state index is 13.0. The Hall–Kier alpha value is -3.18. The van der Waals surface area contributed by atoms with E-state index in [0.29, 0.717) is 6.54 Å². The van der Waals surface area contributed by atoms with Gasteiger partial charge >= 0.3 is 0 Å². The number of allylic oxidation sites excluding steroid dienone is 2. The van der Waals surface area contributed by atoms with Crippen LogP contribution in [0.1, 0.15) is 23.2 Å². The molecule has 1 saturated carbocycles. The number of hydrogen-bond donors (Lipinski definition) is 0. The predicted octanol–water partition coefficient (Wildman–Crippen LogP) is 4.79. The van der Waals surface area contributed by atoms with Crippen molar-refractivity contribution in [2.45, 2.75) is 19.9 Å². The van der Waals surface area contributed by atoms with Gasteiger partial charge in [-0.15, -0.1) is 0 Å². The number of carbonyl (C=O) groups excluding carboxylic acids is 2. The lowest BCUT2D eigenvalue weighted by atomic mass is 9.85. The molecule has 2 heterocycles. The largest absolute Gasteiger partial charge is 0.340 e. The van der Waals surface area contributed by atoms with Crippen LogP contribution >= 0.6 is 11.6 Å². The van der Waals surface area contributed by atoms with Crippen molar-refractivity contribution in [1.29, 1.82) is 0 Å². The molecule has 0 N–H and O–H groups in total. The van der Waals surface area contributed by atoms with Gasteiger partial charge in [0.25, 0.3) is 11.8 Å². The molecular formula is C26H22ClN3O2. The van der Waals surface area contributed by atoms with Crippen molar-refractivity contribution in [1.82, 2.24) is 9.58 Å². The van der Waals surface area contributed by atoms with E-state index in [4.69, 9.17) is 11.6 Å². The first kappa shape index (κ1) is 19.5. The molecule has 2 amide bonds. The summed E-state index contributed by atoms with van der Waals surface area (Å²) in [5, 5.41) is 7.29. The molecule has 1 aliphatic heterocycles. The molecule has 0 radical (unpaired) electrons. The number of hydrogen-bond acceptors (Lipinski definition) is 3. The van der Waals surface area contributed by atoms with Crippen LogP contribution in [0.2, 0.25) is 5.02 Å². The summed E-state index contributed by atoms with van der Waals surface area (Å²) in [5.41, 5.74) is 4.01. The number of benzene rings is 2. The van der Waals surface area contributed by atoms with Crippen LogP contribution in [0.15, 0.2) is 65.8 Å². The molecule has 4 atom stereocenters. The number of para-hydroxylation sites is 1. The minimum atomic E-state index is -0.239. The van der Waals surface area contributed by atoms with Gasteiger partial charge in [0.2, 0.25) is 0 Å². The third kappa shape index (κ3) is 2.74. The molecule has 0 spiro atoms. The van der Waals surface area contributed by atoms with Gasteiger partial charge in [0.1, 0.15) is 0 Å². The van der Waals surface area contributed by atoms with Gasteiger partial charge in [-0.1, -0.05) is 60.2 Å². The van der Waals surface area contributed by atoms with Crippen molar-refractivity contribution < 1.29 is 9.59 Å². The molecule has 5 nitrogen and oxygen atoms in total. The fourth-order valence-corrected chi connectivity index (χ4v) is 5.93. The maximum Gasteiger partial charge on any atom is 0.254 e. The molecule has 160 valence electrons. The van der Waals surface area contributed by atoms with Gasteiger partial charge in [-0.25, -0.2) is 0 Å². The lowest BCUT2D eigenvalue weighted by Crippen LogP contribution is -2.28. The Labute approximate surface area is 191 Å². The molecule has 4 unspecified atom stereocenters. The molecular weight excluding hydrogens is 422 g/mol. The lowest BCUT2D eigenvalue weighted by molar-refractivity contribution is -0.140. The van der Waals surface area contributed by atoms with Gasteiger partial charge in [-0.3, -0.25) is 9.59 Å². The summed E-state index contributed by atoms with van der Waals surface area (Å²) >= 11 is 6.41. The van der Waals surface area contributed by atoms with Gasteiger partial charge in [0.15, 0.2) is 0 Å². The molecule has 3 aromatic rings. The van der Waals surface area contributed by atoms with Crippen LogP contribution in [0.5, 0.6) is 0 Å². The summed E-state index contributed by atoms with van der Waals surface area (Å²) in [5.74, 6) is -0.437. The number of amides is 2. The zero-order chi connectivity index (χ0) is 22.0. The highest BCUT2D eigenvalue weighted by Gasteiger charge is 2.59. The van der Waals surface area contributed by atoms with E-state index >= 15 is 0 Å². The average Bonchev–Trinajstić information content (AvgIpc) is 3.53. The Balaban J connectivity index is 1.37. The predicted molar refractivity (Wildman–Crippen MR) is 124 cm³/mol. The molecule has 1 aromatic heterocycles. The molecule has 2 fully saturated rings. The first-order valence-electron chi connectivity index (χ1n) is 11.0. The zero-order valence-corrected chi connectivity index (χ0v) is 18.4. The van der Waals surface area contributed by atoms with Crippen molar-refractivity contribution >= 4 is 40.5 Å². The molecule has 3 aliphatic rings. The van der Waals surface area contributed by atoms with Crippen LogP contribution < -0.4 is 0 Å². The number of hydrazone groups is 1. The van der Waals surface area contributed by atoms with Crippen LogP contribution in [0.3, 0.4) is 0 Å². The Kier molecular flexibility index (Phi) is 4.37. The topological polar surface area (TPSA) is 54.7 Å². The number of rotatable bonds is 4. The van der Waals surface area contributed by atoms with Crippen LogP contribution in [-0.2, 0) is 16.1 Å². The number of carbonyl (C=O) groups is 2. The quantitative estimate of drug-likeness (QED) is 0.330. The average molecular weight is 444 g/mol. The van der Waals surface area contributed by atoms with E-state index in [2.05, 4.69) is 27.9 Å². The van der Waals surface area contributed by atoms with Crippen molar-refractivity contribution in [3.8, 4) is 0 Å². The van der Waals surface area contributed by atoms with Gasteiger partial charge < -0.3 is 4.57 Å². The van der Waals surface area contributed by atoms with E-state index in [9.17, 15) is 9.59 Å². The van der Waals surface area contributed by atoms with E-state index in [1.165, 1.54) is 0 Å². The first-order chi connectivity index (χ1) is 15.5. The number of fused-ring (bicyclic) bond motifs is 6. The SMILES string of the molecule is Cc1c(C=NN2C(=O)C3C4C=CC(C4)C3C2=O)c2ccccc2n1Cc1ccccc1Cl. The molecule has 2 aliphatic carbocycles. The minimum absolute atomic E-state index is 0.162. The van der Waals surface area contributed by atoms with E-state index < -0.39 is 0 Å². The summed E-state index contributed by atoms with van der Waals surface area (Å²) in [6, 6.07) is 15.9. The highest BCUT2D eigenvalue weighted by atomic mass is 35.5. The zero-order valence-electron chi connectivity index (χ0n) is 17.6. The lowest BCUT2D eigenvalue weighted by Gasteiger charge is -2.13. The molecule has 2 bridgehead atoms. The first-order valence-corrected chi connectivity index (χ1v) is 11.3. The van der Waals surface area contributed by atoms with Crippen molar-refractivity contribution in [2.75, 3.05) is 0 Å². The normalized spacial score (nSPS) is 26.2. The number of nitrogens with zero attached hydrogens (tertiary/aromatic N) is 3. The Morgan fingerprint density at radius 1 is 1.00 bits per heavy atom. The monoisotopic (exact) mass is 443 g/mol. The Morgan fingerprint density at radius 2 is 1.66 bits per heavy atom. The fraction of sp³-hybridized carbons (Fsp3) is 0.269. The third-order valence-electron chi connectivity index (χ3n) is 7.32. The number of imide groups is 1. The van der Waals surface area contributed by atoms with Crippen LogP contribution in [-0.4, -0.2) is 27.6 Å². The summed E-state index contributed by atoms with van der Waals surface area (Å²) in [7, 11) is 0. The second-order valence-corrected chi connectivity index (χ2v) is 9.33. The van der Waals surface area contributed by atoms with Gasteiger partial charge in [-0.05, 0) is 42.9 Å². The second kappa shape index (κ2) is 7.17. The van der Waals surface area contributed by atoms with Crippen LogP contribution in [0.25, 0.3) is 10.9 Å². The highest BCUT2D eigenvalue weighted by molar-refractivity contribution is 6.31. The molecule has 6 rings (SSSR count). The highest BCUT2D eigenvalue weighted by Crippen LogP contribution is 2.52. The van der Waals surface area contributed by atoms with Gasteiger partial charge in [0, 0.05) is 33.7 Å². The van der Waals surface area contributed by atoms with Crippen molar-refractivity contribution in [3.63, 3.8) is 0 Å². The van der Waals surface area contributed by atoms with Crippen LogP contribution in [0, 0.1) is 30.6 Å². The summed E-state index contributed by atoms with van der Waals surface area (Å²) in [6.45, 7) is 2.66. The molecule has 32 heavy (non-hydrogen) atoms. The standard InChI is InChI=1S/C26H22ClN3O2/c1-15-20(13-28-30-25(31)23-16-10-11-17(12-16)24(23)26(30)32)19-7-3-5-9-22(19)29(15)14-18-6-2-4-8-21(18)27/h2-11,13,16-17,23-24H,12,14H2,1H3. The third-order valence-corrected chi connectivity index (χ3v) is 7.68. The smallest absolute Gasteiger partial charge is 0.254 e. The molecule has 2 aromatic carbocycles. The molecule has 1 saturated heterocycles. The second-order valence-electron chi connectivity index (χ2n) is 8.93. The number of halogens is 1. The number of aromatic nitrogens is 1. The van der Waals surface area contributed by atoms with Crippen molar-refractivity contribution in [3.05, 3.63) is 82.5 Å². The minimum Gasteiger partial charge on any atom is -0.340 e. The summed E-state index contributed by atoms with van der Waals surface area (Å²) in [6.07, 6.45) is 6.78. The molecule has 6 heteroatoms. The fourth-order valence-electron chi connectivity index (χ4n) is 5.74. The summed E-state index contributed by atoms with van der Waals surface area (Å²) in [4.78, 5) is 26.0. The Morgan fingerprint density at radius 3 is 2.38 bits per heavy atom. The van der Waals surface area contributed by atoms with E-state index in [-0.39, 0.29) is 35.5 Å². The van der Waals surface area contributed by atoms with Gasteiger partial charge in [0.05, 0.1) is 18.1 Å². The van der Waals surface area contributed by atoms with Gasteiger partial charge in [-0.2, -0.15) is 10.1 Å². The maximum absolute atomic E-state index is 13.0. The summed E-state index contributed by atoms with van der Waals surface area (Å²) < 4.78 is 2.20.